The molecule has 1 rings (SSSR count). The summed E-state index contributed by atoms with van der Waals surface area (Å²) in [6.45, 7) is 4.86. The van der Waals surface area contributed by atoms with Crippen molar-refractivity contribution < 1.29 is 14.6 Å². The number of carbonyl (C=O) groups excluding carboxylic acids is 1. The Morgan fingerprint density at radius 3 is 2.55 bits per heavy atom. The number of ether oxygens (including phenoxy) is 1. The normalized spacial score (nSPS) is 12.4. The Morgan fingerprint density at radius 1 is 1.27 bits per heavy atom. The number of rotatable bonds is 11. The van der Waals surface area contributed by atoms with Crippen molar-refractivity contribution in [2.24, 2.45) is 11.7 Å². The minimum Gasteiger partial charge on any atom is -0.491 e. The second-order valence-electron chi connectivity index (χ2n) is 5.71. The lowest BCUT2D eigenvalue weighted by Gasteiger charge is -2.22. The predicted molar refractivity (Wildman–Crippen MR) is 89.3 cm³/mol. The monoisotopic (exact) mass is 307 g/mol. The van der Waals surface area contributed by atoms with Crippen molar-refractivity contribution in [3.63, 3.8) is 0 Å². The van der Waals surface area contributed by atoms with E-state index in [1.165, 1.54) is 0 Å². The van der Waals surface area contributed by atoms with Crippen LogP contribution in [0.25, 0.3) is 0 Å². The number of hydrogen-bond donors (Lipinski definition) is 2. The van der Waals surface area contributed by atoms with Crippen LogP contribution in [0.2, 0.25) is 0 Å². The molecule has 3 N–H and O–H groups in total. The Bertz CT molecular complexity index is 442. The van der Waals surface area contributed by atoms with E-state index in [4.69, 9.17) is 10.5 Å². The van der Waals surface area contributed by atoms with Gasteiger partial charge < -0.3 is 15.6 Å². The van der Waals surface area contributed by atoms with Crippen molar-refractivity contribution in [1.29, 1.82) is 0 Å². The number of ketones is 1. The second kappa shape index (κ2) is 10.4. The van der Waals surface area contributed by atoms with Gasteiger partial charge in [0, 0.05) is 12.0 Å². The second-order valence-corrected chi connectivity index (χ2v) is 5.71. The lowest BCUT2D eigenvalue weighted by molar-refractivity contribution is 0.0490. The molecular formula is C18H29NO3. The average Bonchev–Trinajstić information content (AvgIpc) is 2.53. The van der Waals surface area contributed by atoms with Gasteiger partial charge in [0.2, 0.25) is 0 Å². The Balaban J connectivity index is 2.59. The number of aliphatic hydroxyl groups excluding tert-OH is 1. The molecule has 0 saturated carbocycles. The Kier molecular flexibility index (Phi) is 8.78. The highest BCUT2D eigenvalue weighted by Gasteiger charge is 2.18. The summed E-state index contributed by atoms with van der Waals surface area (Å²) in [4.78, 5) is 11.8. The van der Waals surface area contributed by atoms with Gasteiger partial charge in [0.25, 0.3) is 0 Å². The van der Waals surface area contributed by atoms with Gasteiger partial charge in [-0.1, -0.05) is 38.8 Å². The van der Waals surface area contributed by atoms with Crippen LogP contribution >= 0.6 is 0 Å². The molecule has 4 nitrogen and oxygen atoms in total. The van der Waals surface area contributed by atoms with E-state index in [1.807, 2.05) is 0 Å². The third-order valence-electron chi connectivity index (χ3n) is 3.81. The van der Waals surface area contributed by atoms with E-state index >= 15 is 0 Å². The molecule has 0 aliphatic carbocycles. The third kappa shape index (κ3) is 6.16. The maximum atomic E-state index is 11.8. The number of carbonyl (C=O) groups is 1. The first-order chi connectivity index (χ1) is 10.6. The number of benzene rings is 1. The smallest absolute Gasteiger partial charge is 0.164 e. The van der Waals surface area contributed by atoms with Gasteiger partial charge in [-0.15, -0.1) is 0 Å². The fourth-order valence-corrected chi connectivity index (χ4v) is 2.62. The first-order valence-electron chi connectivity index (χ1n) is 8.26. The minimum atomic E-state index is -0.469. The summed E-state index contributed by atoms with van der Waals surface area (Å²) < 4.78 is 5.68. The topological polar surface area (TPSA) is 72.5 Å². The van der Waals surface area contributed by atoms with Gasteiger partial charge >= 0.3 is 0 Å². The SMILES string of the molecule is CCCC(CCC)C(O)COc1cccc(C(=O)CCN)c1. The molecule has 0 amide bonds. The van der Waals surface area contributed by atoms with Gasteiger partial charge in [-0.05, 0) is 37.4 Å². The zero-order chi connectivity index (χ0) is 16.4. The highest BCUT2D eigenvalue weighted by atomic mass is 16.5. The molecule has 1 atom stereocenters. The summed E-state index contributed by atoms with van der Waals surface area (Å²) in [5.41, 5.74) is 6.02. The molecule has 0 radical (unpaired) electrons. The van der Waals surface area contributed by atoms with E-state index < -0.39 is 6.10 Å². The number of Topliss-reactive ketones (excluding diaryl/α,β-unsaturated/α-hetero) is 1. The van der Waals surface area contributed by atoms with Crippen molar-refractivity contribution in [3.8, 4) is 5.75 Å². The quantitative estimate of drug-likeness (QED) is 0.616. The van der Waals surface area contributed by atoms with Crippen LogP contribution in [-0.2, 0) is 0 Å². The zero-order valence-electron chi connectivity index (χ0n) is 13.8. The summed E-state index contributed by atoms with van der Waals surface area (Å²) >= 11 is 0. The van der Waals surface area contributed by atoms with Gasteiger partial charge in [0.1, 0.15) is 12.4 Å². The Labute approximate surface area is 133 Å². The van der Waals surface area contributed by atoms with E-state index in [9.17, 15) is 9.90 Å². The third-order valence-corrected chi connectivity index (χ3v) is 3.81. The average molecular weight is 307 g/mol. The molecule has 22 heavy (non-hydrogen) atoms. The molecule has 0 aromatic heterocycles. The summed E-state index contributed by atoms with van der Waals surface area (Å²) in [5, 5.41) is 10.3. The number of aliphatic hydroxyl groups is 1. The predicted octanol–water partition coefficient (Wildman–Crippen LogP) is 3.17. The molecule has 0 bridgehead atoms. The van der Waals surface area contributed by atoms with Crippen LogP contribution in [0.4, 0.5) is 0 Å². The minimum absolute atomic E-state index is 0.0170. The fraction of sp³-hybridized carbons (Fsp3) is 0.611. The Hall–Kier alpha value is -1.39. The van der Waals surface area contributed by atoms with Crippen molar-refractivity contribution in [3.05, 3.63) is 29.8 Å². The lowest BCUT2D eigenvalue weighted by atomic mass is 9.93. The molecule has 4 heteroatoms. The molecule has 1 aromatic rings. The van der Waals surface area contributed by atoms with E-state index in [2.05, 4.69) is 13.8 Å². The molecule has 1 aromatic carbocycles. The van der Waals surface area contributed by atoms with E-state index in [-0.39, 0.29) is 18.3 Å². The van der Waals surface area contributed by atoms with Crippen LogP contribution in [-0.4, -0.2) is 30.1 Å². The molecular weight excluding hydrogens is 278 g/mol. The van der Waals surface area contributed by atoms with Crippen molar-refractivity contribution in [2.45, 2.75) is 52.1 Å². The summed E-state index contributed by atoms with van der Waals surface area (Å²) in [6, 6.07) is 7.08. The molecule has 0 aliphatic rings. The van der Waals surface area contributed by atoms with Crippen LogP contribution in [0.1, 0.15) is 56.3 Å². The van der Waals surface area contributed by atoms with E-state index in [0.29, 0.717) is 24.3 Å². The molecule has 124 valence electrons. The van der Waals surface area contributed by atoms with E-state index in [1.54, 1.807) is 24.3 Å². The highest BCUT2D eigenvalue weighted by Crippen LogP contribution is 2.20. The van der Waals surface area contributed by atoms with Gasteiger partial charge in [-0.25, -0.2) is 0 Å². The van der Waals surface area contributed by atoms with Crippen LogP contribution in [0.15, 0.2) is 24.3 Å². The standard InChI is InChI=1S/C18H29NO3/c1-3-6-14(7-4-2)18(21)13-22-16-9-5-8-15(12-16)17(20)10-11-19/h5,8-9,12,14,18,21H,3-4,6-7,10-11,13,19H2,1-2H3. The lowest BCUT2D eigenvalue weighted by Crippen LogP contribution is -2.27. The number of hydrogen-bond acceptors (Lipinski definition) is 4. The van der Waals surface area contributed by atoms with Crippen molar-refractivity contribution in [2.75, 3.05) is 13.2 Å². The summed E-state index contributed by atoms with van der Waals surface area (Å²) in [7, 11) is 0. The van der Waals surface area contributed by atoms with Crippen LogP contribution < -0.4 is 10.5 Å². The zero-order valence-corrected chi connectivity index (χ0v) is 13.8. The van der Waals surface area contributed by atoms with Crippen LogP contribution in [0, 0.1) is 5.92 Å². The maximum absolute atomic E-state index is 11.8. The van der Waals surface area contributed by atoms with Crippen LogP contribution in [0.3, 0.4) is 0 Å². The largest absolute Gasteiger partial charge is 0.491 e. The van der Waals surface area contributed by atoms with Crippen LogP contribution in [0.5, 0.6) is 5.75 Å². The summed E-state index contributed by atoms with van der Waals surface area (Å²) in [6.07, 6.45) is 4.00. The molecule has 0 saturated heterocycles. The fourth-order valence-electron chi connectivity index (χ4n) is 2.62. The van der Waals surface area contributed by atoms with Gasteiger partial charge in [0.05, 0.1) is 6.10 Å². The molecule has 0 aliphatic heterocycles. The molecule has 1 unspecified atom stereocenters. The van der Waals surface area contributed by atoms with Gasteiger partial charge in [-0.2, -0.15) is 0 Å². The van der Waals surface area contributed by atoms with Crippen molar-refractivity contribution >= 4 is 5.78 Å². The highest BCUT2D eigenvalue weighted by molar-refractivity contribution is 5.96. The Morgan fingerprint density at radius 2 is 1.95 bits per heavy atom. The summed E-state index contributed by atoms with van der Waals surface area (Å²) in [5.74, 6) is 0.911. The van der Waals surface area contributed by atoms with Crippen molar-refractivity contribution in [1.82, 2.24) is 0 Å². The first-order valence-corrected chi connectivity index (χ1v) is 8.26. The van der Waals surface area contributed by atoms with E-state index in [0.717, 1.165) is 25.7 Å². The van der Waals surface area contributed by atoms with Gasteiger partial charge in [0.15, 0.2) is 5.78 Å². The van der Waals surface area contributed by atoms with Gasteiger partial charge in [-0.3, -0.25) is 4.79 Å². The maximum Gasteiger partial charge on any atom is 0.164 e. The molecule has 0 heterocycles. The molecule has 0 fully saturated rings. The molecule has 0 spiro atoms. The number of nitrogens with two attached hydrogens (primary N) is 1. The first kappa shape index (κ1) is 18.7.